The number of piperidine rings is 1. The molecule has 8 nitrogen and oxygen atoms in total. The SMILES string of the molecule is COc1ccc(-c2cc3c(=O)n(CC(=O)N4CCC(Cc5ccccc5)CC4)nc(C)n3n2)cc1. The number of aryl methyl sites for hydroxylation is 1. The second-order valence-electron chi connectivity index (χ2n) is 9.08. The van der Waals surface area contributed by atoms with E-state index in [2.05, 4.69) is 34.5 Å². The number of nitrogens with zero attached hydrogens (tertiary/aromatic N) is 5. The van der Waals surface area contributed by atoms with Crippen molar-refractivity contribution in [3.63, 3.8) is 0 Å². The smallest absolute Gasteiger partial charge is 0.293 e. The molecule has 0 atom stereocenters. The van der Waals surface area contributed by atoms with Gasteiger partial charge in [-0.3, -0.25) is 9.59 Å². The highest BCUT2D eigenvalue weighted by atomic mass is 16.5. The van der Waals surface area contributed by atoms with Crippen LogP contribution in [-0.4, -0.2) is 50.4 Å². The van der Waals surface area contributed by atoms with E-state index in [0.717, 1.165) is 30.6 Å². The van der Waals surface area contributed by atoms with Gasteiger partial charge in [-0.1, -0.05) is 30.3 Å². The molecule has 35 heavy (non-hydrogen) atoms. The maximum atomic E-state index is 13.1. The standard InChI is InChI=1S/C27H29N5O3/c1-19-28-31(18-26(33)30-14-12-21(13-15-30)16-20-6-4-3-5-7-20)27(34)25-17-24(29-32(19)25)22-8-10-23(35-2)11-9-22/h3-11,17,21H,12-16,18H2,1-2H3. The lowest BCUT2D eigenvalue weighted by Crippen LogP contribution is -2.42. The van der Waals surface area contributed by atoms with Crippen molar-refractivity contribution >= 4 is 11.4 Å². The summed E-state index contributed by atoms with van der Waals surface area (Å²) in [6.07, 6.45) is 2.97. The molecule has 3 heterocycles. The summed E-state index contributed by atoms with van der Waals surface area (Å²) >= 11 is 0. The molecule has 5 rings (SSSR count). The Bertz CT molecular complexity index is 1380. The Morgan fingerprint density at radius 1 is 1.03 bits per heavy atom. The topological polar surface area (TPSA) is 81.7 Å². The molecule has 180 valence electrons. The van der Waals surface area contributed by atoms with Crippen LogP contribution in [0, 0.1) is 12.8 Å². The first-order valence-corrected chi connectivity index (χ1v) is 12.0. The summed E-state index contributed by atoms with van der Waals surface area (Å²) in [7, 11) is 1.62. The van der Waals surface area contributed by atoms with Crippen LogP contribution in [-0.2, 0) is 17.8 Å². The first-order valence-electron chi connectivity index (χ1n) is 12.0. The van der Waals surface area contributed by atoms with E-state index in [1.54, 1.807) is 20.1 Å². The van der Waals surface area contributed by atoms with Gasteiger partial charge in [0.15, 0.2) is 0 Å². The molecule has 0 N–H and O–H groups in total. The summed E-state index contributed by atoms with van der Waals surface area (Å²) in [6.45, 7) is 3.14. The van der Waals surface area contributed by atoms with Crippen LogP contribution in [0.3, 0.4) is 0 Å². The molecule has 0 bridgehead atoms. The number of likely N-dealkylation sites (tertiary alicyclic amines) is 1. The Hall–Kier alpha value is -3.94. The number of benzene rings is 2. The lowest BCUT2D eigenvalue weighted by molar-refractivity contribution is -0.133. The maximum Gasteiger partial charge on any atom is 0.293 e. The third-order valence-electron chi connectivity index (χ3n) is 6.74. The molecule has 8 heteroatoms. The normalized spacial score (nSPS) is 14.4. The average molecular weight is 472 g/mol. The van der Waals surface area contributed by atoms with E-state index < -0.39 is 0 Å². The van der Waals surface area contributed by atoms with Crippen LogP contribution in [0.15, 0.2) is 65.5 Å². The van der Waals surface area contributed by atoms with Crippen molar-refractivity contribution in [2.24, 2.45) is 5.92 Å². The first-order chi connectivity index (χ1) is 17.0. The van der Waals surface area contributed by atoms with Gasteiger partial charge in [-0.25, -0.2) is 9.20 Å². The fraction of sp³-hybridized carbons (Fsp3) is 0.333. The van der Waals surface area contributed by atoms with E-state index in [0.29, 0.717) is 36.0 Å². The molecule has 1 aliphatic heterocycles. The van der Waals surface area contributed by atoms with Gasteiger partial charge in [-0.05, 0) is 68.0 Å². The van der Waals surface area contributed by atoms with E-state index >= 15 is 0 Å². The molecule has 0 saturated carbocycles. The van der Waals surface area contributed by atoms with Crippen LogP contribution in [0.4, 0.5) is 0 Å². The fourth-order valence-electron chi connectivity index (χ4n) is 4.75. The average Bonchev–Trinajstić information content (AvgIpc) is 3.35. The Morgan fingerprint density at radius 2 is 1.74 bits per heavy atom. The van der Waals surface area contributed by atoms with Gasteiger partial charge in [-0.15, -0.1) is 0 Å². The molecular formula is C27H29N5O3. The fourth-order valence-corrected chi connectivity index (χ4v) is 4.75. The van der Waals surface area contributed by atoms with Crippen molar-refractivity contribution in [3.8, 4) is 17.0 Å². The van der Waals surface area contributed by atoms with Crippen LogP contribution in [0.2, 0.25) is 0 Å². The number of amides is 1. The van der Waals surface area contributed by atoms with Crippen molar-refractivity contribution in [2.45, 2.75) is 32.7 Å². The van der Waals surface area contributed by atoms with E-state index in [1.165, 1.54) is 14.8 Å². The molecule has 0 spiro atoms. The summed E-state index contributed by atoms with van der Waals surface area (Å²) in [4.78, 5) is 28.0. The molecular weight excluding hydrogens is 442 g/mol. The minimum Gasteiger partial charge on any atom is -0.497 e. The summed E-state index contributed by atoms with van der Waals surface area (Å²) in [5.74, 6) is 1.80. The van der Waals surface area contributed by atoms with Gasteiger partial charge in [-0.2, -0.15) is 10.2 Å². The lowest BCUT2D eigenvalue weighted by atomic mass is 9.90. The summed E-state index contributed by atoms with van der Waals surface area (Å²) < 4.78 is 8.02. The number of fused-ring (bicyclic) bond motifs is 1. The Balaban J connectivity index is 1.29. The number of hydrogen-bond acceptors (Lipinski definition) is 5. The zero-order valence-electron chi connectivity index (χ0n) is 20.1. The van der Waals surface area contributed by atoms with Crippen molar-refractivity contribution in [1.29, 1.82) is 0 Å². The van der Waals surface area contributed by atoms with Gasteiger partial charge >= 0.3 is 0 Å². The van der Waals surface area contributed by atoms with E-state index in [-0.39, 0.29) is 18.0 Å². The zero-order valence-corrected chi connectivity index (χ0v) is 20.1. The number of aromatic nitrogens is 4. The second kappa shape index (κ2) is 9.74. The van der Waals surface area contributed by atoms with Crippen LogP contribution in [0.5, 0.6) is 5.75 Å². The molecule has 2 aromatic heterocycles. The molecule has 2 aromatic carbocycles. The highest BCUT2D eigenvalue weighted by Gasteiger charge is 2.24. The number of ether oxygens (including phenoxy) is 1. The van der Waals surface area contributed by atoms with E-state index in [4.69, 9.17) is 4.74 Å². The predicted octanol–water partition coefficient (Wildman–Crippen LogP) is 3.36. The van der Waals surface area contributed by atoms with Gasteiger partial charge < -0.3 is 9.64 Å². The Morgan fingerprint density at radius 3 is 2.43 bits per heavy atom. The van der Waals surface area contributed by atoms with Crippen LogP contribution in [0.1, 0.15) is 24.2 Å². The third-order valence-corrected chi connectivity index (χ3v) is 6.74. The molecule has 0 aliphatic carbocycles. The third kappa shape index (κ3) is 4.82. The van der Waals surface area contributed by atoms with Crippen LogP contribution >= 0.6 is 0 Å². The van der Waals surface area contributed by atoms with Crippen LogP contribution < -0.4 is 10.3 Å². The quantitative estimate of drug-likeness (QED) is 0.431. The zero-order chi connectivity index (χ0) is 24.4. The first kappa shape index (κ1) is 22.8. The summed E-state index contributed by atoms with van der Waals surface area (Å²) in [6, 6.07) is 19.7. The summed E-state index contributed by atoms with van der Waals surface area (Å²) in [5, 5.41) is 8.93. The number of carbonyl (C=O) groups is 1. The molecule has 1 saturated heterocycles. The monoisotopic (exact) mass is 471 g/mol. The number of rotatable bonds is 6. The predicted molar refractivity (Wildman–Crippen MR) is 133 cm³/mol. The second-order valence-corrected chi connectivity index (χ2v) is 9.08. The largest absolute Gasteiger partial charge is 0.497 e. The Kier molecular flexibility index (Phi) is 6.35. The van der Waals surface area contributed by atoms with Crippen molar-refractivity contribution < 1.29 is 9.53 Å². The van der Waals surface area contributed by atoms with Crippen LogP contribution in [0.25, 0.3) is 16.8 Å². The molecule has 1 aliphatic rings. The Labute approximate surface area is 203 Å². The van der Waals surface area contributed by atoms with Crippen molar-refractivity contribution in [2.75, 3.05) is 20.2 Å². The highest BCUT2D eigenvalue weighted by molar-refractivity contribution is 5.76. The molecule has 0 radical (unpaired) electrons. The van der Waals surface area contributed by atoms with Gasteiger partial charge in [0.25, 0.3) is 5.56 Å². The molecule has 1 amide bonds. The minimum absolute atomic E-state index is 0.0669. The molecule has 1 fully saturated rings. The van der Waals surface area contributed by atoms with Gasteiger partial charge in [0.1, 0.15) is 23.6 Å². The summed E-state index contributed by atoms with van der Waals surface area (Å²) in [5.41, 5.74) is 2.95. The molecule has 4 aromatic rings. The van der Waals surface area contributed by atoms with E-state index in [9.17, 15) is 9.59 Å². The lowest BCUT2D eigenvalue weighted by Gasteiger charge is -2.32. The van der Waals surface area contributed by atoms with Crippen molar-refractivity contribution in [3.05, 3.63) is 82.4 Å². The van der Waals surface area contributed by atoms with Gasteiger partial charge in [0.05, 0.1) is 12.8 Å². The number of methoxy groups -OCH3 is 1. The van der Waals surface area contributed by atoms with E-state index in [1.807, 2.05) is 35.2 Å². The maximum absolute atomic E-state index is 13.1. The van der Waals surface area contributed by atoms with Crippen molar-refractivity contribution in [1.82, 2.24) is 24.3 Å². The van der Waals surface area contributed by atoms with Gasteiger partial charge in [0, 0.05) is 18.7 Å². The van der Waals surface area contributed by atoms with Gasteiger partial charge in [0.2, 0.25) is 5.91 Å². The highest BCUT2D eigenvalue weighted by Crippen LogP contribution is 2.23. The number of hydrogen-bond donors (Lipinski definition) is 0. The number of carbonyl (C=O) groups excluding carboxylic acids is 1. The minimum atomic E-state index is -0.324. The molecule has 0 unspecified atom stereocenters.